The summed E-state index contributed by atoms with van der Waals surface area (Å²) < 4.78 is 22.4. The van der Waals surface area contributed by atoms with Gasteiger partial charge >= 0.3 is 5.97 Å². The van der Waals surface area contributed by atoms with Gasteiger partial charge in [0, 0.05) is 5.92 Å². The van der Waals surface area contributed by atoms with Crippen molar-refractivity contribution < 1.29 is 23.4 Å². The van der Waals surface area contributed by atoms with E-state index < -0.39 is 0 Å². The van der Waals surface area contributed by atoms with Gasteiger partial charge in [-0.2, -0.15) is 0 Å². The van der Waals surface area contributed by atoms with Gasteiger partial charge in [-0.1, -0.05) is 30.4 Å². The van der Waals surface area contributed by atoms with Crippen molar-refractivity contribution >= 4 is 12.0 Å². The van der Waals surface area contributed by atoms with Crippen molar-refractivity contribution in [2.75, 3.05) is 13.4 Å². The molecule has 0 spiro atoms. The number of hydrogen-bond acceptors (Lipinski definition) is 5. The quantitative estimate of drug-likeness (QED) is 0.567. The van der Waals surface area contributed by atoms with E-state index in [1.807, 2.05) is 51.1 Å². The molecule has 2 heterocycles. The number of esters is 1. The number of ether oxygens (including phenoxy) is 3. The average Bonchev–Trinajstić information content (AvgIpc) is 3.47. The molecule has 3 aliphatic rings. The van der Waals surface area contributed by atoms with E-state index in [1.54, 1.807) is 0 Å². The van der Waals surface area contributed by atoms with Crippen molar-refractivity contribution in [1.29, 1.82) is 0 Å². The molecule has 0 saturated heterocycles. The molecule has 1 aliphatic heterocycles. The third-order valence-corrected chi connectivity index (χ3v) is 6.35. The van der Waals surface area contributed by atoms with Gasteiger partial charge in [0.1, 0.15) is 11.5 Å². The molecule has 0 N–H and O–H groups in total. The Hall–Kier alpha value is -3.47. The molecule has 0 radical (unpaired) electrons. The van der Waals surface area contributed by atoms with Gasteiger partial charge in [-0.3, -0.25) is 0 Å². The number of fused-ring (bicyclic) bond motifs is 2. The second kappa shape index (κ2) is 7.90. The fraction of sp³-hybridized carbons (Fsp3) is 0.296. The van der Waals surface area contributed by atoms with Gasteiger partial charge < -0.3 is 18.6 Å². The highest BCUT2D eigenvalue weighted by atomic mass is 16.7. The fourth-order valence-corrected chi connectivity index (χ4v) is 4.96. The minimum atomic E-state index is -0.291. The van der Waals surface area contributed by atoms with Crippen molar-refractivity contribution in [3.8, 4) is 11.5 Å². The highest BCUT2D eigenvalue weighted by molar-refractivity contribution is 5.93. The molecule has 0 bridgehead atoms. The number of furan rings is 1. The Labute approximate surface area is 187 Å². The van der Waals surface area contributed by atoms with Crippen molar-refractivity contribution in [2.24, 2.45) is 5.92 Å². The van der Waals surface area contributed by atoms with Crippen LogP contribution in [0.2, 0.25) is 0 Å². The normalized spacial score (nSPS) is 22.9. The first-order valence-corrected chi connectivity index (χ1v) is 10.9. The first kappa shape index (κ1) is 20.4. The summed E-state index contributed by atoms with van der Waals surface area (Å²) in [5, 5.41) is 0. The summed E-state index contributed by atoms with van der Waals surface area (Å²) in [4.78, 5) is 13.0. The number of rotatable bonds is 4. The maximum Gasteiger partial charge on any atom is 0.335 e. The third kappa shape index (κ3) is 3.38. The summed E-state index contributed by atoms with van der Waals surface area (Å²) in [5.41, 5.74) is 6.00. The molecule has 1 aromatic carbocycles. The smallest absolute Gasteiger partial charge is 0.335 e. The number of aryl methyl sites for hydroxylation is 1. The lowest BCUT2D eigenvalue weighted by Gasteiger charge is -2.30. The Morgan fingerprint density at radius 3 is 2.72 bits per heavy atom. The number of carbonyl (C=O) groups is 1. The molecular weight excluding hydrogens is 404 g/mol. The highest BCUT2D eigenvalue weighted by Gasteiger charge is 2.44. The summed E-state index contributed by atoms with van der Waals surface area (Å²) in [6, 6.07) is 9.83. The van der Waals surface area contributed by atoms with Crippen LogP contribution in [0.3, 0.4) is 0 Å². The zero-order valence-corrected chi connectivity index (χ0v) is 18.6. The Bertz CT molecular complexity index is 1210. The van der Waals surface area contributed by atoms with E-state index in [9.17, 15) is 4.79 Å². The lowest BCUT2D eigenvalue weighted by molar-refractivity contribution is -0.139. The van der Waals surface area contributed by atoms with E-state index in [2.05, 4.69) is 18.7 Å². The van der Waals surface area contributed by atoms with Crippen LogP contribution >= 0.6 is 0 Å². The monoisotopic (exact) mass is 430 g/mol. The predicted molar refractivity (Wildman–Crippen MR) is 121 cm³/mol. The van der Waals surface area contributed by atoms with E-state index in [0.717, 1.165) is 51.7 Å². The fourth-order valence-electron chi connectivity index (χ4n) is 4.96. The summed E-state index contributed by atoms with van der Waals surface area (Å²) >= 11 is 0. The van der Waals surface area contributed by atoms with Crippen LogP contribution in [0, 0.1) is 12.8 Å². The Morgan fingerprint density at radius 2 is 1.97 bits per heavy atom. The average molecular weight is 431 g/mol. The van der Waals surface area contributed by atoms with Crippen LogP contribution in [0.15, 0.2) is 75.3 Å². The summed E-state index contributed by atoms with van der Waals surface area (Å²) in [6.07, 6.45) is 5.05. The van der Waals surface area contributed by atoms with Crippen LogP contribution in [-0.4, -0.2) is 19.4 Å². The molecular formula is C27H26O5. The topological polar surface area (TPSA) is 57.9 Å². The predicted octanol–water partition coefficient (Wildman–Crippen LogP) is 5.88. The second-order valence-corrected chi connectivity index (χ2v) is 8.42. The van der Waals surface area contributed by atoms with Crippen LogP contribution in [0.5, 0.6) is 11.5 Å². The lowest BCUT2D eigenvalue weighted by atomic mass is 9.73. The molecule has 2 aromatic rings. The number of hydrogen-bond donors (Lipinski definition) is 0. The first-order chi connectivity index (χ1) is 15.5. The summed E-state index contributed by atoms with van der Waals surface area (Å²) in [6.45, 7) is 10.7. The van der Waals surface area contributed by atoms with Crippen LogP contribution in [0.4, 0.5) is 0 Å². The molecule has 5 rings (SSSR count). The molecule has 5 nitrogen and oxygen atoms in total. The van der Waals surface area contributed by atoms with Crippen LogP contribution in [0.1, 0.15) is 43.3 Å². The molecule has 5 heteroatoms. The summed E-state index contributed by atoms with van der Waals surface area (Å²) in [5.74, 6) is 2.52. The Morgan fingerprint density at radius 1 is 1.16 bits per heavy atom. The highest BCUT2D eigenvalue weighted by Crippen LogP contribution is 2.54. The second-order valence-electron chi connectivity index (χ2n) is 8.42. The van der Waals surface area contributed by atoms with E-state index in [0.29, 0.717) is 12.2 Å². The molecule has 2 atom stereocenters. The van der Waals surface area contributed by atoms with Gasteiger partial charge in [-0.25, -0.2) is 4.79 Å². The standard InChI is InChI=1S/C27H26O5/c1-5-29-27(28)24-15(2)10-20-13-19(11-18-7-9-21-23(12-18)31-14-30-21)17(4)25(20)26(24)22-8-6-16(3)32-22/h6-12,25-26H,4-5,13-14H2,1-3H3/b19-11-. The Balaban J connectivity index is 1.55. The SMILES string of the molecule is C=C1/C(=C\c2ccc3c(c2)OCO3)CC2=CC(C)=C(C(=O)OCC)C(c3ccc(C)o3)C12. The van der Waals surface area contributed by atoms with Gasteiger partial charge in [0.25, 0.3) is 0 Å². The molecule has 0 amide bonds. The molecule has 1 saturated carbocycles. The van der Waals surface area contributed by atoms with Crippen molar-refractivity contribution in [3.63, 3.8) is 0 Å². The molecule has 2 aliphatic carbocycles. The van der Waals surface area contributed by atoms with Gasteiger partial charge in [-0.05, 0) is 73.7 Å². The maximum atomic E-state index is 13.0. The van der Waals surface area contributed by atoms with Crippen LogP contribution in [0.25, 0.3) is 6.08 Å². The number of allylic oxidation sites excluding steroid dienone is 5. The zero-order chi connectivity index (χ0) is 22.4. The molecule has 32 heavy (non-hydrogen) atoms. The minimum Gasteiger partial charge on any atom is -0.466 e. The van der Waals surface area contributed by atoms with Crippen LogP contribution < -0.4 is 9.47 Å². The lowest BCUT2D eigenvalue weighted by Crippen LogP contribution is -2.25. The van der Waals surface area contributed by atoms with Gasteiger partial charge in [0.2, 0.25) is 6.79 Å². The van der Waals surface area contributed by atoms with Crippen molar-refractivity contribution in [2.45, 2.75) is 33.1 Å². The molecule has 1 aromatic heterocycles. The van der Waals surface area contributed by atoms with Crippen molar-refractivity contribution in [3.05, 3.63) is 87.9 Å². The third-order valence-electron chi connectivity index (χ3n) is 6.35. The van der Waals surface area contributed by atoms with E-state index in [1.165, 1.54) is 5.57 Å². The van der Waals surface area contributed by atoms with E-state index in [4.69, 9.17) is 18.6 Å². The van der Waals surface area contributed by atoms with Gasteiger partial charge in [0.05, 0.1) is 18.1 Å². The van der Waals surface area contributed by atoms with E-state index in [-0.39, 0.29) is 24.6 Å². The zero-order valence-electron chi connectivity index (χ0n) is 18.6. The van der Waals surface area contributed by atoms with Crippen molar-refractivity contribution in [1.82, 2.24) is 0 Å². The van der Waals surface area contributed by atoms with Crippen LogP contribution in [-0.2, 0) is 9.53 Å². The number of carbonyl (C=O) groups excluding carboxylic acids is 1. The number of benzene rings is 1. The molecule has 164 valence electrons. The van der Waals surface area contributed by atoms with Gasteiger partial charge in [-0.15, -0.1) is 0 Å². The molecule has 1 fully saturated rings. The largest absolute Gasteiger partial charge is 0.466 e. The minimum absolute atomic E-state index is 0.0380. The first-order valence-electron chi connectivity index (χ1n) is 10.9. The van der Waals surface area contributed by atoms with Gasteiger partial charge in [0.15, 0.2) is 11.5 Å². The Kier molecular flexibility index (Phi) is 5.04. The maximum absolute atomic E-state index is 13.0. The molecule has 2 unspecified atom stereocenters. The summed E-state index contributed by atoms with van der Waals surface area (Å²) in [7, 11) is 0. The van der Waals surface area contributed by atoms with E-state index >= 15 is 0 Å².